The van der Waals surface area contributed by atoms with Gasteiger partial charge in [0.25, 0.3) is 0 Å². The summed E-state index contributed by atoms with van der Waals surface area (Å²) < 4.78 is 1.50. The van der Waals surface area contributed by atoms with E-state index in [1.165, 1.54) is 35.9 Å². The first-order chi connectivity index (χ1) is 26.8. The largest absolute Gasteiger partial charge is 0.388 e. The van der Waals surface area contributed by atoms with E-state index in [0.29, 0.717) is 49.6 Å². The summed E-state index contributed by atoms with van der Waals surface area (Å²) in [5.41, 5.74) is 21.2. The van der Waals surface area contributed by atoms with E-state index in [1.807, 2.05) is 24.3 Å². The van der Waals surface area contributed by atoms with E-state index < -0.39 is 0 Å². The molecule has 56 heavy (non-hydrogen) atoms. The van der Waals surface area contributed by atoms with Gasteiger partial charge in [0.05, 0.1) is 5.84 Å². The van der Waals surface area contributed by atoms with Crippen LogP contribution in [0.25, 0.3) is 0 Å². The predicted molar refractivity (Wildman–Crippen MR) is 235 cm³/mol. The summed E-state index contributed by atoms with van der Waals surface area (Å²) in [6.45, 7) is 2.64. The molecule has 11 nitrogen and oxygen atoms in total. The van der Waals surface area contributed by atoms with E-state index in [2.05, 4.69) is 41.8 Å². The van der Waals surface area contributed by atoms with E-state index in [9.17, 15) is 19.2 Å². The van der Waals surface area contributed by atoms with Gasteiger partial charge in [-0.05, 0) is 91.6 Å². The van der Waals surface area contributed by atoms with Crippen LogP contribution in [0, 0.1) is 10.8 Å². The fraction of sp³-hybridized carbons (Fsp3) is 0.463. The van der Waals surface area contributed by atoms with Gasteiger partial charge in [-0.15, -0.1) is 23.5 Å². The summed E-state index contributed by atoms with van der Waals surface area (Å²) >= 11 is 10.2. The van der Waals surface area contributed by atoms with Crippen LogP contribution in [-0.4, -0.2) is 69.2 Å². The smallest absolute Gasteiger partial charge is 0.185 e. The van der Waals surface area contributed by atoms with Gasteiger partial charge in [0.1, 0.15) is 29.3 Å². The highest BCUT2D eigenvalue weighted by atomic mass is 79.9. The topological polar surface area (TPSA) is 220 Å². The molecule has 0 spiro atoms. The van der Waals surface area contributed by atoms with Gasteiger partial charge >= 0.3 is 0 Å². The molecule has 0 bridgehead atoms. The third-order valence-electron chi connectivity index (χ3n) is 8.77. The molecular weight excluding hydrogens is 878 g/mol. The van der Waals surface area contributed by atoms with Crippen LogP contribution in [0.1, 0.15) is 114 Å². The number of aromatic nitrogens is 2. The summed E-state index contributed by atoms with van der Waals surface area (Å²) in [6.07, 6.45) is 8.68. The van der Waals surface area contributed by atoms with Crippen molar-refractivity contribution in [3.8, 4) is 0 Å². The Morgan fingerprint density at radius 3 is 1.39 bits per heavy atom. The lowest BCUT2D eigenvalue weighted by atomic mass is 9.98. The van der Waals surface area contributed by atoms with Gasteiger partial charge in [-0.25, -0.2) is 9.97 Å². The number of Topliss-reactive ketones (excluding diaryl/α,β-unsaturated/α-hetero) is 4. The van der Waals surface area contributed by atoms with Gasteiger partial charge in [-0.1, -0.05) is 44.7 Å². The Labute approximate surface area is 355 Å². The zero-order valence-electron chi connectivity index (χ0n) is 32.0. The molecule has 2 aromatic carbocycles. The van der Waals surface area contributed by atoms with Crippen molar-refractivity contribution in [1.82, 2.24) is 9.97 Å². The second-order valence-electron chi connectivity index (χ2n) is 13.7. The molecule has 0 aliphatic rings. The molecule has 3 rings (SSSR count). The monoisotopic (exact) mass is 929 g/mol. The second-order valence-corrected chi connectivity index (χ2v) is 17.8. The summed E-state index contributed by atoms with van der Waals surface area (Å²) in [4.78, 5) is 63.7. The number of halogens is 2. The van der Waals surface area contributed by atoms with Crippen LogP contribution in [0.3, 0.4) is 0 Å². The molecule has 0 aliphatic heterocycles. The lowest BCUT2D eigenvalue weighted by Gasteiger charge is -2.16. The van der Waals surface area contributed by atoms with Crippen molar-refractivity contribution in [1.29, 1.82) is 10.8 Å². The van der Waals surface area contributed by atoms with Crippen LogP contribution in [0.2, 0.25) is 0 Å². The first kappa shape index (κ1) is 47.3. The molecule has 0 radical (unpaired) electrons. The van der Waals surface area contributed by atoms with Crippen LogP contribution < -0.4 is 17.2 Å². The molecular formula is C41H53Br2N7O4S2. The molecule has 0 aliphatic carbocycles. The Hall–Kier alpha value is -3.08. The van der Waals surface area contributed by atoms with Crippen molar-refractivity contribution in [2.24, 2.45) is 17.2 Å². The van der Waals surface area contributed by atoms with E-state index in [1.54, 1.807) is 6.92 Å². The van der Waals surface area contributed by atoms with Gasteiger partial charge in [0.15, 0.2) is 11.6 Å². The van der Waals surface area contributed by atoms with Crippen molar-refractivity contribution in [3.63, 3.8) is 0 Å². The van der Waals surface area contributed by atoms with Crippen LogP contribution in [0.4, 0.5) is 0 Å². The number of carbonyl (C=O) groups is 4. The molecule has 0 fully saturated rings. The predicted octanol–water partition coefficient (Wildman–Crippen LogP) is 8.05. The molecule has 3 aromatic rings. The summed E-state index contributed by atoms with van der Waals surface area (Å²) in [5.74, 6) is 0.977. The van der Waals surface area contributed by atoms with Crippen LogP contribution >= 0.6 is 55.4 Å². The highest BCUT2D eigenvalue weighted by Gasteiger charge is 2.21. The fourth-order valence-electron chi connectivity index (χ4n) is 6.14. The standard InChI is InChI=1S/C41H53Br2N7O4S2/c1-26(46)8-4-2-5-9-33(51)20-27-16-31(42)18-29(40(27)55-14-12-44)22-37(53)35-24-36(50-25-49-35)38(54)23-30-19-32(43)17-28(41(30)56-15-13-45)21-34(52)10-6-3-7-11-39(47)48/h16-19,24-25,46H,2-15,20-23,44-45H2,1H3,(H3,47,48). The minimum absolute atomic E-state index is 0.000774. The molecule has 15 heteroatoms. The van der Waals surface area contributed by atoms with E-state index >= 15 is 0 Å². The van der Waals surface area contributed by atoms with Crippen LogP contribution in [-0.2, 0) is 35.3 Å². The van der Waals surface area contributed by atoms with Crippen molar-refractivity contribution < 1.29 is 19.2 Å². The number of thioether (sulfide) groups is 2. The van der Waals surface area contributed by atoms with E-state index in [0.717, 1.165) is 85.9 Å². The van der Waals surface area contributed by atoms with Gasteiger partial charge in [-0.3, -0.25) is 24.6 Å². The Balaban J connectivity index is 1.79. The molecule has 0 atom stereocenters. The Morgan fingerprint density at radius 2 is 1.00 bits per heavy atom. The highest BCUT2D eigenvalue weighted by Crippen LogP contribution is 2.34. The fourth-order valence-corrected chi connectivity index (χ4v) is 9.15. The molecule has 0 saturated heterocycles. The minimum atomic E-state index is -0.299. The minimum Gasteiger partial charge on any atom is -0.388 e. The molecule has 8 N–H and O–H groups in total. The lowest BCUT2D eigenvalue weighted by Crippen LogP contribution is -2.14. The summed E-state index contributed by atoms with van der Waals surface area (Å²) in [5, 5.41) is 15.0. The molecule has 1 heterocycles. The van der Waals surface area contributed by atoms with Crippen molar-refractivity contribution in [2.45, 2.75) is 107 Å². The van der Waals surface area contributed by atoms with E-state index in [4.69, 9.17) is 28.0 Å². The zero-order chi connectivity index (χ0) is 41.0. The number of ketones is 4. The number of amidine groups is 1. The number of nitrogens with two attached hydrogens (primary N) is 3. The second kappa shape index (κ2) is 25.3. The number of unbranched alkanes of at least 4 members (excludes halogenated alkanes) is 4. The lowest BCUT2D eigenvalue weighted by molar-refractivity contribution is -0.119. The number of hydrogen-bond donors (Lipinski definition) is 5. The average molecular weight is 932 g/mol. The molecule has 0 amide bonds. The van der Waals surface area contributed by atoms with Crippen molar-refractivity contribution in [2.75, 3.05) is 24.6 Å². The summed E-state index contributed by atoms with van der Waals surface area (Å²) in [6, 6.07) is 9.01. The first-order valence-corrected chi connectivity index (χ1v) is 22.4. The molecule has 302 valence electrons. The number of hydrogen-bond acceptors (Lipinski definition) is 12. The van der Waals surface area contributed by atoms with Crippen molar-refractivity contribution >= 4 is 90.1 Å². The average Bonchev–Trinajstić information content (AvgIpc) is 3.13. The van der Waals surface area contributed by atoms with Crippen LogP contribution in [0.5, 0.6) is 0 Å². The maximum absolute atomic E-state index is 13.8. The number of benzene rings is 2. The Morgan fingerprint density at radius 1 is 0.607 bits per heavy atom. The Bertz CT molecular complexity index is 1750. The quantitative estimate of drug-likeness (QED) is 0.0154. The first-order valence-electron chi connectivity index (χ1n) is 18.9. The van der Waals surface area contributed by atoms with E-state index in [-0.39, 0.29) is 66.0 Å². The van der Waals surface area contributed by atoms with Gasteiger partial charge in [0, 0.05) is 94.0 Å². The molecule has 0 unspecified atom stereocenters. The Kier molecular flexibility index (Phi) is 21.4. The van der Waals surface area contributed by atoms with Crippen molar-refractivity contribution in [3.05, 3.63) is 79.2 Å². The molecule has 1 aromatic heterocycles. The third kappa shape index (κ3) is 16.8. The number of nitrogens with one attached hydrogen (secondary N) is 2. The van der Waals surface area contributed by atoms with Gasteiger partial charge in [-0.2, -0.15) is 0 Å². The third-order valence-corrected chi connectivity index (χ3v) is 12.2. The number of nitrogens with zero attached hydrogens (tertiary/aromatic N) is 2. The highest BCUT2D eigenvalue weighted by molar-refractivity contribution is 9.10. The van der Waals surface area contributed by atoms with Crippen LogP contribution in [0.15, 0.2) is 55.4 Å². The maximum Gasteiger partial charge on any atom is 0.185 e. The number of rotatable bonds is 28. The number of carbonyl (C=O) groups excluding carboxylic acids is 4. The summed E-state index contributed by atoms with van der Waals surface area (Å²) in [7, 11) is 0. The SMILES string of the molecule is CC(=N)CCCCCC(=O)Cc1cc(Br)cc(CC(=O)c2cc(C(=O)Cc3cc(Br)cc(CC(=O)CCCCCC(=N)N)c3SCCN)ncn2)c1SCCN. The molecule has 0 saturated carbocycles. The van der Waals surface area contributed by atoms with Gasteiger partial charge < -0.3 is 22.6 Å². The normalized spacial score (nSPS) is 11.1. The van der Waals surface area contributed by atoms with Gasteiger partial charge in [0.2, 0.25) is 0 Å². The zero-order valence-corrected chi connectivity index (χ0v) is 36.8. The maximum atomic E-state index is 13.8.